The normalized spacial score (nSPS) is 9.93. The number of anilines is 2. The quantitative estimate of drug-likeness (QED) is 0.311. The molecule has 0 saturated carbocycles. The molecule has 0 spiro atoms. The van der Waals surface area contributed by atoms with Crippen LogP contribution in [0.2, 0.25) is 0 Å². The molecule has 15 heavy (non-hydrogen) atoms. The Balaban J connectivity index is 2.80. The summed E-state index contributed by atoms with van der Waals surface area (Å²) in [7, 11) is 0. The molecule has 5 N–H and O–H groups in total. The van der Waals surface area contributed by atoms with E-state index in [1.54, 1.807) is 12.1 Å². The van der Waals surface area contributed by atoms with Crippen LogP contribution >= 0.6 is 11.6 Å². The topological polar surface area (TPSA) is 85.1 Å². The van der Waals surface area contributed by atoms with Crippen molar-refractivity contribution in [2.75, 3.05) is 24.0 Å². The second-order valence-corrected chi connectivity index (χ2v) is 3.43. The zero-order valence-electron chi connectivity index (χ0n) is 8.29. The fourth-order valence-corrected chi connectivity index (χ4v) is 1.23. The molecule has 0 unspecified atom stereocenters. The van der Waals surface area contributed by atoms with Crippen LogP contribution in [0.5, 0.6) is 5.75 Å². The molecule has 1 aromatic carbocycles. The van der Waals surface area contributed by atoms with Crippen molar-refractivity contribution >= 4 is 29.2 Å². The molecule has 82 valence electrons. The second-order valence-electron chi connectivity index (χ2n) is 3.05. The largest absolute Gasteiger partial charge is 0.491 e. The molecule has 0 fully saturated rings. The summed E-state index contributed by atoms with van der Waals surface area (Å²) in [5.41, 5.74) is 13.0. The van der Waals surface area contributed by atoms with Crippen LogP contribution < -0.4 is 16.2 Å². The molecule has 0 heterocycles. The fourth-order valence-electron chi connectivity index (χ4n) is 1.12. The van der Waals surface area contributed by atoms with E-state index >= 15 is 0 Å². The molecule has 5 heteroatoms. The molecule has 0 aliphatic rings. The number of benzene rings is 1. The van der Waals surface area contributed by atoms with Gasteiger partial charge in [-0.3, -0.25) is 0 Å². The van der Waals surface area contributed by atoms with E-state index in [0.717, 1.165) is 12.6 Å². The summed E-state index contributed by atoms with van der Waals surface area (Å²) < 4.78 is 5.39. The average Bonchev–Trinajstić information content (AvgIpc) is 2.23. The van der Waals surface area contributed by atoms with Crippen LogP contribution in [0.4, 0.5) is 11.4 Å². The summed E-state index contributed by atoms with van der Waals surface area (Å²) in [6.07, 6.45) is 1.92. The summed E-state index contributed by atoms with van der Waals surface area (Å²) in [4.78, 5) is 0. The molecule has 0 aliphatic heterocycles. The van der Waals surface area contributed by atoms with Crippen LogP contribution in [-0.2, 0) is 0 Å². The lowest BCUT2D eigenvalue weighted by Crippen LogP contribution is -2.03. The molecule has 4 nitrogen and oxygen atoms in total. The Morgan fingerprint density at radius 1 is 1.33 bits per heavy atom. The van der Waals surface area contributed by atoms with Gasteiger partial charge in [-0.2, -0.15) is 0 Å². The fraction of sp³-hybridized carbons (Fsp3) is 0.300. The van der Waals surface area contributed by atoms with E-state index in [1.165, 1.54) is 0 Å². The highest BCUT2D eigenvalue weighted by Gasteiger charge is 2.05. The van der Waals surface area contributed by atoms with Crippen LogP contribution in [0.15, 0.2) is 12.1 Å². The number of nitrogens with one attached hydrogen (secondary N) is 1. The highest BCUT2D eigenvalue weighted by molar-refractivity contribution is 6.17. The van der Waals surface area contributed by atoms with Crippen molar-refractivity contribution < 1.29 is 4.74 Å². The van der Waals surface area contributed by atoms with Crippen molar-refractivity contribution in [3.8, 4) is 5.75 Å². The summed E-state index contributed by atoms with van der Waals surface area (Å²) >= 11 is 5.52. The number of rotatable bonds is 5. The zero-order valence-corrected chi connectivity index (χ0v) is 9.05. The van der Waals surface area contributed by atoms with Gasteiger partial charge in [-0.1, -0.05) is 0 Å². The lowest BCUT2D eigenvalue weighted by molar-refractivity contribution is 0.320. The molecule has 0 atom stereocenters. The van der Waals surface area contributed by atoms with Gasteiger partial charge in [0.05, 0.1) is 12.3 Å². The number of nitrogens with two attached hydrogens (primary N) is 2. The van der Waals surface area contributed by atoms with Crippen LogP contribution in [0, 0.1) is 5.41 Å². The van der Waals surface area contributed by atoms with Crippen LogP contribution in [0.3, 0.4) is 0 Å². The van der Waals surface area contributed by atoms with Gasteiger partial charge in [0, 0.05) is 29.4 Å². The van der Waals surface area contributed by atoms with E-state index in [1.807, 2.05) is 0 Å². The number of nitrogen functional groups attached to an aromatic ring is 2. The van der Waals surface area contributed by atoms with Gasteiger partial charge in [-0.25, -0.2) is 0 Å². The van der Waals surface area contributed by atoms with Crippen molar-refractivity contribution in [2.24, 2.45) is 0 Å². The summed E-state index contributed by atoms with van der Waals surface area (Å²) in [5, 5.41) is 7.10. The van der Waals surface area contributed by atoms with Gasteiger partial charge in [0.25, 0.3) is 0 Å². The number of halogens is 1. The molecular formula is C10H14ClN3O. The standard InChI is InChI=1S/C10H14ClN3O/c11-2-1-3-15-10-5-8(13)7(6-12)4-9(10)14/h4-6,12H,1-3,13-14H2. The lowest BCUT2D eigenvalue weighted by Gasteiger charge is -2.10. The average molecular weight is 228 g/mol. The number of hydrogen-bond acceptors (Lipinski definition) is 4. The predicted molar refractivity (Wildman–Crippen MR) is 64.0 cm³/mol. The van der Waals surface area contributed by atoms with E-state index < -0.39 is 0 Å². The van der Waals surface area contributed by atoms with Gasteiger partial charge in [0.2, 0.25) is 0 Å². The van der Waals surface area contributed by atoms with Crippen molar-refractivity contribution in [1.29, 1.82) is 5.41 Å². The Morgan fingerprint density at radius 2 is 2.07 bits per heavy atom. The highest BCUT2D eigenvalue weighted by Crippen LogP contribution is 2.26. The Morgan fingerprint density at radius 3 is 2.67 bits per heavy atom. The third kappa shape index (κ3) is 3.02. The van der Waals surface area contributed by atoms with E-state index in [4.69, 9.17) is 33.2 Å². The summed E-state index contributed by atoms with van der Waals surface area (Å²) in [6.45, 7) is 0.511. The third-order valence-corrected chi connectivity index (χ3v) is 2.17. The van der Waals surface area contributed by atoms with Gasteiger partial charge < -0.3 is 21.6 Å². The van der Waals surface area contributed by atoms with Gasteiger partial charge in [0.15, 0.2) is 0 Å². The zero-order chi connectivity index (χ0) is 11.3. The Hall–Kier alpha value is -1.42. The van der Waals surface area contributed by atoms with E-state index in [2.05, 4.69) is 0 Å². The van der Waals surface area contributed by atoms with Crippen LogP contribution in [-0.4, -0.2) is 18.7 Å². The summed E-state index contributed by atoms with van der Waals surface area (Å²) in [6, 6.07) is 3.25. The van der Waals surface area contributed by atoms with Crippen molar-refractivity contribution in [3.63, 3.8) is 0 Å². The van der Waals surface area contributed by atoms with Crippen LogP contribution in [0.1, 0.15) is 12.0 Å². The van der Waals surface area contributed by atoms with Gasteiger partial charge >= 0.3 is 0 Å². The molecule has 1 rings (SSSR count). The smallest absolute Gasteiger partial charge is 0.144 e. The Labute approximate surface area is 93.7 Å². The first-order chi connectivity index (χ1) is 7.19. The maximum atomic E-state index is 7.10. The first kappa shape index (κ1) is 11.7. The first-order valence-electron chi connectivity index (χ1n) is 4.57. The van der Waals surface area contributed by atoms with E-state index in [0.29, 0.717) is 35.2 Å². The minimum absolute atomic E-state index is 0.484. The minimum atomic E-state index is 0.484. The number of hydrogen-bond donors (Lipinski definition) is 3. The molecular weight excluding hydrogens is 214 g/mol. The van der Waals surface area contributed by atoms with Gasteiger partial charge in [0.1, 0.15) is 5.75 Å². The number of ether oxygens (including phenoxy) is 1. The first-order valence-corrected chi connectivity index (χ1v) is 5.10. The maximum absolute atomic E-state index is 7.10. The van der Waals surface area contributed by atoms with Gasteiger partial charge in [-0.15, -0.1) is 11.6 Å². The highest BCUT2D eigenvalue weighted by atomic mass is 35.5. The lowest BCUT2D eigenvalue weighted by atomic mass is 10.1. The Bertz CT molecular complexity index is 355. The summed E-state index contributed by atoms with van der Waals surface area (Å²) in [5.74, 6) is 1.09. The molecule has 0 saturated heterocycles. The van der Waals surface area contributed by atoms with Crippen molar-refractivity contribution in [1.82, 2.24) is 0 Å². The van der Waals surface area contributed by atoms with Crippen molar-refractivity contribution in [3.05, 3.63) is 17.7 Å². The SMILES string of the molecule is N=Cc1cc(N)c(OCCCCl)cc1N. The van der Waals surface area contributed by atoms with Crippen molar-refractivity contribution in [2.45, 2.75) is 6.42 Å². The van der Waals surface area contributed by atoms with E-state index in [-0.39, 0.29) is 0 Å². The second kappa shape index (κ2) is 5.46. The maximum Gasteiger partial charge on any atom is 0.144 e. The van der Waals surface area contributed by atoms with Gasteiger partial charge in [-0.05, 0) is 12.5 Å². The van der Waals surface area contributed by atoms with Crippen LogP contribution in [0.25, 0.3) is 0 Å². The van der Waals surface area contributed by atoms with E-state index in [9.17, 15) is 0 Å². The predicted octanol–water partition coefficient (Wildman–Crippen LogP) is 1.86. The molecule has 0 radical (unpaired) electrons. The molecule has 0 aliphatic carbocycles. The monoisotopic (exact) mass is 227 g/mol. The molecule has 0 amide bonds. The molecule has 0 aromatic heterocycles. The minimum Gasteiger partial charge on any atom is -0.491 e. The number of alkyl halides is 1. The Kier molecular flexibility index (Phi) is 4.24. The molecule has 0 bridgehead atoms. The molecule has 1 aromatic rings. The third-order valence-electron chi connectivity index (χ3n) is 1.91.